The minimum absolute atomic E-state index is 0.122. The second-order valence-corrected chi connectivity index (χ2v) is 5.30. The minimum Gasteiger partial charge on any atom is -0.288 e. The summed E-state index contributed by atoms with van der Waals surface area (Å²) in [7, 11) is 0. The number of benzene rings is 2. The van der Waals surface area contributed by atoms with Crippen molar-refractivity contribution in [3.63, 3.8) is 0 Å². The van der Waals surface area contributed by atoms with Gasteiger partial charge in [0.2, 0.25) is 0 Å². The van der Waals surface area contributed by atoms with Crippen LogP contribution < -0.4 is 0 Å². The van der Waals surface area contributed by atoms with Crippen molar-refractivity contribution in [1.82, 2.24) is 0 Å². The molecular formula is C13H5Br2F3O. The number of carbonyl (C=O) groups excluding carboxylic acids is 1. The molecule has 0 unspecified atom stereocenters. The van der Waals surface area contributed by atoms with E-state index in [-0.39, 0.29) is 20.1 Å². The molecule has 0 atom stereocenters. The van der Waals surface area contributed by atoms with Crippen molar-refractivity contribution in [3.8, 4) is 0 Å². The zero-order valence-electron chi connectivity index (χ0n) is 9.18. The lowest BCUT2D eigenvalue weighted by atomic mass is 10.0. The van der Waals surface area contributed by atoms with Crippen LogP contribution in [0.2, 0.25) is 0 Å². The van der Waals surface area contributed by atoms with Gasteiger partial charge in [0, 0.05) is 5.56 Å². The summed E-state index contributed by atoms with van der Waals surface area (Å²) < 4.78 is 39.9. The van der Waals surface area contributed by atoms with Crippen LogP contribution in [0.3, 0.4) is 0 Å². The van der Waals surface area contributed by atoms with E-state index in [0.717, 1.165) is 12.1 Å². The third-order valence-electron chi connectivity index (χ3n) is 2.48. The highest BCUT2D eigenvalue weighted by Crippen LogP contribution is 2.27. The molecule has 2 aromatic carbocycles. The van der Waals surface area contributed by atoms with Crippen LogP contribution in [0.25, 0.3) is 0 Å². The molecule has 0 fully saturated rings. The Labute approximate surface area is 123 Å². The maximum atomic E-state index is 13.8. The number of rotatable bonds is 2. The van der Waals surface area contributed by atoms with E-state index in [2.05, 4.69) is 31.9 Å². The molecule has 0 bridgehead atoms. The smallest absolute Gasteiger partial charge is 0.197 e. The molecule has 0 N–H and O–H groups in total. The lowest BCUT2D eigenvalue weighted by molar-refractivity contribution is 0.103. The average Bonchev–Trinajstić information content (AvgIpc) is 2.39. The van der Waals surface area contributed by atoms with E-state index in [0.29, 0.717) is 0 Å². The van der Waals surface area contributed by atoms with Crippen LogP contribution in [-0.2, 0) is 0 Å². The Morgan fingerprint density at radius 2 is 1.58 bits per heavy atom. The van der Waals surface area contributed by atoms with Gasteiger partial charge in [-0.2, -0.15) is 0 Å². The normalized spacial score (nSPS) is 10.6. The summed E-state index contributed by atoms with van der Waals surface area (Å²) >= 11 is 5.76. The molecule has 2 rings (SSSR count). The molecule has 0 aliphatic rings. The van der Waals surface area contributed by atoms with Gasteiger partial charge < -0.3 is 0 Å². The second-order valence-electron chi connectivity index (χ2n) is 3.65. The molecule has 0 radical (unpaired) electrons. The Bertz CT molecular complexity index is 671. The van der Waals surface area contributed by atoms with Gasteiger partial charge >= 0.3 is 0 Å². The summed E-state index contributed by atoms with van der Waals surface area (Å²) in [6.45, 7) is 0. The number of ketones is 1. The van der Waals surface area contributed by atoms with Gasteiger partial charge in [-0.15, -0.1) is 0 Å². The summed E-state index contributed by atoms with van der Waals surface area (Å²) in [6, 6.07) is 6.12. The summed E-state index contributed by atoms with van der Waals surface area (Å²) in [5.41, 5.74) is -0.364. The number of hydrogen-bond acceptors (Lipinski definition) is 1. The van der Waals surface area contributed by atoms with Crippen molar-refractivity contribution >= 4 is 37.6 Å². The first-order valence-corrected chi connectivity index (χ1v) is 6.64. The standard InChI is InChI=1S/C13H5Br2F3O/c14-8-3-1-2-7(11(8)17)13(19)6-4-5-9(16)12(18)10(6)15/h1-5H. The van der Waals surface area contributed by atoms with Gasteiger partial charge in [0.1, 0.15) is 5.82 Å². The van der Waals surface area contributed by atoms with Crippen molar-refractivity contribution in [1.29, 1.82) is 0 Å². The lowest BCUT2D eigenvalue weighted by Gasteiger charge is -2.07. The van der Waals surface area contributed by atoms with Crippen LogP contribution in [0.4, 0.5) is 13.2 Å². The highest BCUT2D eigenvalue weighted by atomic mass is 79.9. The Morgan fingerprint density at radius 3 is 2.26 bits per heavy atom. The van der Waals surface area contributed by atoms with Crippen LogP contribution >= 0.6 is 31.9 Å². The highest BCUT2D eigenvalue weighted by molar-refractivity contribution is 9.10. The predicted octanol–water partition coefficient (Wildman–Crippen LogP) is 4.86. The maximum Gasteiger partial charge on any atom is 0.197 e. The third kappa shape index (κ3) is 2.60. The molecule has 6 heteroatoms. The average molecular weight is 394 g/mol. The van der Waals surface area contributed by atoms with E-state index in [9.17, 15) is 18.0 Å². The molecule has 0 aliphatic carbocycles. The summed E-state index contributed by atoms with van der Waals surface area (Å²) in [6.07, 6.45) is 0. The number of hydrogen-bond donors (Lipinski definition) is 0. The summed E-state index contributed by atoms with van der Waals surface area (Å²) in [5, 5.41) is 0. The van der Waals surface area contributed by atoms with Gasteiger partial charge in [0.25, 0.3) is 0 Å². The monoisotopic (exact) mass is 392 g/mol. The molecular weight excluding hydrogens is 389 g/mol. The second kappa shape index (κ2) is 5.46. The fraction of sp³-hybridized carbons (Fsp3) is 0. The van der Waals surface area contributed by atoms with Crippen molar-refractivity contribution in [2.75, 3.05) is 0 Å². The SMILES string of the molecule is O=C(c1cccc(Br)c1F)c1ccc(F)c(F)c1Br. The Balaban J connectivity index is 2.57. The molecule has 98 valence electrons. The van der Waals surface area contributed by atoms with Crippen molar-refractivity contribution < 1.29 is 18.0 Å². The summed E-state index contributed by atoms with van der Waals surface area (Å²) in [5.74, 6) is -3.74. The molecule has 0 spiro atoms. The summed E-state index contributed by atoms with van der Waals surface area (Å²) in [4.78, 5) is 12.1. The van der Waals surface area contributed by atoms with Crippen LogP contribution in [0.5, 0.6) is 0 Å². The Kier molecular flexibility index (Phi) is 4.10. The molecule has 0 saturated carbocycles. The topological polar surface area (TPSA) is 17.1 Å². The van der Waals surface area contributed by atoms with Crippen molar-refractivity contribution in [2.45, 2.75) is 0 Å². The van der Waals surface area contributed by atoms with E-state index in [4.69, 9.17) is 0 Å². The first-order valence-electron chi connectivity index (χ1n) is 5.05. The van der Waals surface area contributed by atoms with Crippen LogP contribution in [0, 0.1) is 17.5 Å². The van der Waals surface area contributed by atoms with E-state index in [1.165, 1.54) is 18.2 Å². The van der Waals surface area contributed by atoms with Crippen LogP contribution in [0.1, 0.15) is 15.9 Å². The van der Waals surface area contributed by atoms with Gasteiger partial charge in [-0.25, -0.2) is 13.2 Å². The zero-order valence-corrected chi connectivity index (χ0v) is 12.4. The molecule has 19 heavy (non-hydrogen) atoms. The van der Waals surface area contributed by atoms with E-state index < -0.39 is 23.2 Å². The zero-order chi connectivity index (χ0) is 14.2. The van der Waals surface area contributed by atoms with Crippen molar-refractivity contribution in [3.05, 3.63) is 67.9 Å². The molecule has 0 aromatic heterocycles. The Hall–Kier alpha value is -1.14. The first-order chi connectivity index (χ1) is 8.93. The van der Waals surface area contributed by atoms with E-state index in [1.54, 1.807) is 0 Å². The molecule has 2 aromatic rings. The third-order valence-corrected chi connectivity index (χ3v) is 3.86. The molecule has 0 aliphatic heterocycles. The van der Waals surface area contributed by atoms with Crippen molar-refractivity contribution in [2.24, 2.45) is 0 Å². The first kappa shape index (κ1) is 14.3. The number of carbonyl (C=O) groups is 1. The van der Waals surface area contributed by atoms with E-state index in [1.807, 2.05) is 0 Å². The molecule has 0 heterocycles. The van der Waals surface area contributed by atoms with Gasteiger partial charge in [-0.1, -0.05) is 6.07 Å². The quantitative estimate of drug-likeness (QED) is 0.526. The largest absolute Gasteiger partial charge is 0.288 e. The van der Waals surface area contributed by atoms with Crippen LogP contribution in [0.15, 0.2) is 39.3 Å². The van der Waals surface area contributed by atoms with Gasteiger partial charge in [-0.3, -0.25) is 4.79 Å². The van der Waals surface area contributed by atoms with E-state index >= 15 is 0 Å². The minimum atomic E-state index is -1.18. The lowest BCUT2D eigenvalue weighted by Crippen LogP contribution is -2.07. The molecule has 0 amide bonds. The fourth-order valence-corrected chi connectivity index (χ4v) is 2.39. The van der Waals surface area contributed by atoms with Crippen LogP contribution in [-0.4, -0.2) is 5.78 Å². The number of halogens is 5. The molecule has 1 nitrogen and oxygen atoms in total. The van der Waals surface area contributed by atoms with Gasteiger partial charge in [0.05, 0.1) is 14.5 Å². The predicted molar refractivity (Wildman–Crippen MR) is 71.6 cm³/mol. The van der Waals surface area contributed by atoms with Gasteiger partial charge in [-0.05, 0) is 56.1 Å². The maximum absolute atomic E-state index is 13.8. The fourth-order valence-electron chi connectivity index (χ4n) is 1.53. The molecule has 0 saturated heterocycles. The van der Waals surface area contributed by atoms with Gasteiger partial charge in [0.15, 0.2) is 17.4 Å². The Morgan fingerprint density at radius 1 is 0.895 bits per heavy atom. The highest BCUT2D eigenvalue weighted by Gasteiger charge is 2.21.